The molecule has 1 aliphatic carbocycles. The summed E-state index contributed by atoms with van der Waals surface area (Å²) in [4.78, 5) is 9.12. The molecule has 2 aromatic heterocycles. The number of benzene rings is 1. The highest BCUT2D eigenvalue weighted by atomic mass is 16.5. The van der Waals surface area contributed by atoms with E-state index in [9.17, 15) is 10.2 Å². The smallest absolute Gasteiger partial charge is 0.227 e. The highest BCUT2D eigenvalue weighted by molar-refractivity contribution is 5.83. The second-order valence-corrected chi connectivity index (χ2v) is 7.49. The topological polar surface area (TPSA) is 156 Å². The van der Waals surface area contributed by atoms with E-state index < -0.39 is 0 Å². The van der Waals surface area contributed by atoms with E-state index in [1.165, 1.54) is 19.2 Å². The van der Waals surface area contributed by atoms with Gasteiger partial charge in [-0.05, 0) is 18.9 Å². The lowest BCUT2D eigenvalue weighted by atomic mass is 9.91. The first-order chi connectivity index (χ1) is 14.5. The Labute approximate surface area is 173 Å². The monoisotopic (exact) mass is 414 g/mol. The molecule has 11 heteroatoms. The van der Waals surface area contributed by atoms with Crippen LogP contribution in [0.3, 0.4) is 0 Å². The molecule has 11 nitrogen and oxygen atoms in total. The van der Waals surface area contributed by atoms with Crippen LogP contribution in [0.25, 0.3) is 11.2 Å². The van der Waals surface area contributed by atoms with E-state index in [1.807, 2.05) is 0 Å². The Balaban J connectivity index is 1.61. The van der Waals surface area contributed by atoms with Gasteiger partial charge in [-0.15, -0.1) is 5.10 Å². The van der Waals surface area contributed by atoms with Gasteiger partial charge in [0, 0.05) is 37.3 Å². The van der Waals surface area contributed by atoms with Gasteiger partial charge in [-0.3, -0.25) is 0 Å². The number of aromatic nitrogens is 5. The number of nitrogens with one attached hydrogen (secondary N) is 2. The molecule has 1 saturated carbocycles. The predicted molar refractivity (Wildman–Crippen MR) is 112 cm³/mol. The molecule has 1 fully saturated rings. The van der Waals surface area contributed by atoms with E-state index in [0.717, 1.165) is 25.7 Å². The second kappa shape index (κ2) is 8.19. The summed E-state index contributed by atoms with van der Waals surface area (Å²) in [5, 5.41) is 34.9. The van der Waals surface area contributed by atoms with Crippen molar-refractivity contribution < 1.29 is 14.9 Å². The molecule has 6 N–H and O–H groups in total. The fourth-order valence-electron chi connectivity index (χ4n) is 3.69. The first kappa shape index (κ1) is 20.0. The maximum Gasteiger partial charge on any atom is 0.227 e. The van der Waals surface area contributed by atoms with Crippen LogP contribution >= 0.6 is 0 Å². The summed E-state index contributed by atoms with van der Waals surface area (Å²) in [7, 11) is 3.18. The summed E-state index contributed by atoms with van der Waals surface area (Å²) in [6.45, 7) is 0.203. The van der Waals surface area contributed by atoms with E-state index in [2.05, 4.69) is 30.9 Å². The normalized spacial score (nSPS) is 19.0. The highest BCUT2D eigenvalue weighted by Gasteiger charge is 2.23. The standard InChI is InChI=1S/C19H26N8O3/c1-27-18-16(25-26-27)17(21-9-10-7-14(29)15(30-2)8-13(10)28)23-19(24-18)22-12-6-4-3-5-11(12)20/h7-8,11-12,28-29H,3-6,9,20H2,1-2H3,(H2,21,22,23,24). The number of ether oxygens (including phenoxy) is 1. The van der Waals surface area contributed by atoms with Crippen molar-refractivity contribution in [2.45, 2.75) is 44.3 Å². The SMILES string of the molecule is COc1cc(O)c(CNc2nc(NC3CCCCC3N)nc3c2nnn3C)cc1O. The van der Waals surface area contributed by atoms with Crippen molar-refractivity contribution >= 4 is 22.9 Å². The zero-order valence-corrected chi connectivity index (χ0v) is 17.0. The number of nitrogens with two attached hydrogens (primary N) is 1. The van der Waals surface area contributed by atoms with Crippen LogP contribution in [-0.2, 0) is 13.6 Å². The van der Waals surface area contributed by atoms with Crippen LogP contribution in [0.4, 0.5) is 11.8 Å². The van der Waals surface area contributed by atoms with E-state index in [0.29, 0.717) is 28.5 Å². The molecule has 2 atom stereocenters. The van der Waals surface area contributed by atoms with Crippen molar-refractivity contribution in [3.05, 3.63) is 17.7 Å². The Morgan fingerprint density at radius 3 is 2.77 bits per heavy atom. The number of phenolic OH excluding ortho intramolecular Hbond substituents is 2. The Kier molecular flexibility index (Phi) is 5.44. The lowest BCUT2D eigenvalue weighted by Gasteiger charge is -2.29. The van der Waals surface area contributed by atoms with E-state index >= 15 is 0 Å². The summed E-state index contributed by atoms with van der Waals surface area (Å²) in [5.74, 6) is 1.04. The maximum atomic E-state index is 10.2. The van der Waals surface area contributed by atoms with E-state index in [-0.39, 0.29) is 35.9 Å². The second-order valence-electron chi connectivity index (χ2n) is 7.49. The third kappa shape index (κ3) is 3.88. The molecule has 3 aromatic rings. The third-order valence-electron chi connectivity index (χ3n) is 5.41. The van der Waals surface area contributed by atoms with Gasteiger partial charge in [-0.2, -0.15) is 9.97 Å². The summed E-state index contributed by atoms with van der Waals surface area (Å²) >= 11 is 0. The molecule has 160 valence electrons. The van der Waals surface area contributed by atoms with Crippen molar-refractivity contribution in [1.29, 1.82) is 0 Å². The Morgan fingerprint density at radius 1 is 1.20 bits per heavy atom. The van der Waals surface area contributed by atoms with Gasteiger partial charge >= 0.3 is 0 Å². The molecule has 1 aromatic carbocycles. The first-order valence-electron chi connectivity index (χ1n) is 9.88. The van der Waals surface area contributed by atoms with Gasteiger partial charge in [0.1, 0.15) is 5.75 Å². The lowest BCUT2D eigenvalue weighted by molar-refractivity contribution is 0.367. The number of methoxy groups -OCH3 is 1. The fraction of sp³-hybridized carbons (Fsp3) is 0.474. The zero-order chi connectivity index (χ0) is 21.3. The summed E-state index contributed by atoms with van der Waals surface area (Å²) in [5.41, 5.74) is 7.81. The van der Waals surface area contributed by atoms with Crippen molar-refractivity contribution in [3.63, 3.8) is 0 Å². The molecule has 0 saturated heterocycles. The van der Waals surface area contributed by atoms with Gasteiger partial charge in [0.05, 0.1) is 7.11 Å². The molecule has 0 bridgehead atoms. The summed E-state index contributed by atoms with van der Waals surface area (Å²) < 4.78 is 6.58. The molecule has 0 aliphatic heterocycles. The summed E-state index contributed by atoms with van der Waals surface area (Å²) in [6, 6.07) is 2.96. The molecule has 2 heterocycles. The molecule has 30 heavy (non-hydrogen) atoms. The number of nitrogens with zero attached hydrogens (tertiary/aromatic N) is 5. The number of aromatic hydroxyl groups is 2. The minimum Gasteiger partial charge on any atom is -0.507 e. The minimum atomic E-state index is -0.0620. The Hall–Kier alpha value is -3.34. The van der Waals surface area contributed by atoms with Crippen LogP contribution in [0.5, 0.6) is 17.2 Å². The number of fused-ring (bicyclic) bond motifs is 1. The first-order valence-corrected chi connectivity index (χ1v) is 9.88. The molecular formula is C19H26N8O3. The molecule has 0 spiro atoms. The van der Waals surface area contributed by atoms with Crippen LogP contribution in [0.1, 0.15) is 31.2 Å². The quantitative estimate of drug-likeness (QED) is 0.374. The average molecular weight is 414 g/mol. The van der Waals surface area contributed by atoms with Crippen LogP contribution in [0, 0.1) is 0 Å². The molecule has 0 radical (unpaired) electrons. The van der Waals surface area contributed by atoms with Crippen molar-refractivity contribution in [1.82, 2.24) is 25.0 Å². The van der Waals surface area contributed by atoms with Gasteiger partial charge in [-0.1, -0.05) is 18.1 Å². The Morgan fingerprint density at radius 2 is 2.00 bits per heavy atom. The van der Waals surface area contributed by atoms with Crippen molar-refractivity contribution in [2.24, 2.45) is 12.8 Å². The van der Waals surface area contributed by atoms with Gasteiger partial charge in [0.25, 0.3) is 0 Å². The van der Waals surface area contributed by atoms with E-state index in [1.54, 1.807) is 11.7 Å². The Bertz CT molecular complexity index is 1050. The number of hydrogen-bond donors (Lipinski definition) is 5. The molecule has 1 aliphatic rings. The average Bonchev–Trinajstić information content (AvgIpc) is 3.11. The molecular weight excluding hydrogens is 388 g/mol. The van der Waals surface area contributed by atoms with Crippen LogP contribution in [-0.4, -0.2) is 54.4 Å². The number of phenols is 2. The van der Waals surface area contributed by atoms with Gasteiger partial charge < -0.3 is 31.3 Å². The minimum absolute atomic E-state index is 0.00637. The number of rotatable bonds is 6. The molecule has 2 unspecified atom stereocenters. The van der Waals surface area contributed by atoms with Crippen LogP contribution in [0.2, 0.25) is 0 Å². The summed E-state index contributed by atoms with van der Waals surface area (Å²) in [6.07, 6.45) is 4.19. The zero-order valence-electron chi connectivity index (χ0n) is 17.0. The number of hydrogen-bond acceptors (Lipinski definition) is 10. The molecule has 0 amide bonds. The van der Waals surface area contributed by atoms with E-state index in [4.69, 9.17) is 10.5 Å². The predicted octanol–water partition coefficient (Wildman–Crippen LogP) is 1.47. The fourth-order valence-corrected chi connectivity index (χ4v) is 3.69. The third-order valence-corrected chi connectivity index (χ3v) is 5.41. The molecule has 4 rings (SSSR count). The largest absolute Gasteiger partial charge is 0.507 e. The number of aryl methyl sites for hydroxylation is 1. The highest BCUT2D eigenvalue weighted by Crippen LogP contribution is 2.33. The van der Waals surface area contributed by atoms with Crippen LogP contribution < -0.4 is 21.1 Å². The lowest BCUT2D eigenvalue weighted by Crippen LogP contribution is -2.43. The number of anilines is 2. The van der Waals surface area contributed by atoms with Crippen molar-refractivity contribution in [2.75, 3.05) is 17.7 Å². The van der Waals surface area contributed by atoms with Gasteiger partial charge in [0.15, 0.2) is 28.5 Å². The van der Waals surface area contributed by atoms with Gasteiger partial charge in [0.2, 0.25) is 5.95 Å². The van der Waals surface area contributed by atoms with Gasteiger partial charge in [-0.25, -0.2) is 4.68 Å². The van der Waals surface area contributed by atoms with Crippen LogP contribution in [0.15, 0.2) is 12.1 Å². The van der Waals surface area contributed by atoms with Crippen molar-refractivity contribution in [3.8, 4) is 17.2 Å². The maximum absolute atomic E-state index is 10.2.